The minimum absolute atomic E-state index is 0.115. The number of aryl methyl sites for hydroxylation is 2. The highest BCUT2D eigenvalue weighted by molar-refractivity contribution is 8.00. The molecular weight excluding hydrogens is 444 g/mol. The van der Waals surface area contributed by atoms with Crippen LogP contribution in [0.1, 0.15) is 42.5 Å². The number of hydrogen-bond donors (Lipinski definition) is 2. The maximum absolute atomic E-state index is 12.8. The number of benzene rings is 1. The average molecular weight is 471 g/mol. The van der Waals surface area contributed by atoms with Gasteiger partial charge in [0.15, 0.2) is 5.65 Å². The van der Waals surface area contributed by atoms with Gasteiger partial charge in [-0.15, -0.1) is 0 Å². The monoisotopic (exact) mass is 470 g/mol. The van der Waals surface area contributed by atoms with E-state index < -0.39 is 28.5 Å². The molecule has 0 radical (unpaired) electrons. The molecule has 0 spiro atoms. The first kappa shape index (κ1) is 24.2. The van der Waals surface area contributed by atoms with Crippen molar-refractivity contribution in [2.75, 3.05) is 5.75 Å². The number of hydrogen-bond acceptors (Lipinski definition) is 7. The van der Waals surface area contributed by atoms with Crippen molar-refractivity contribution in [3.63, 3.8) is 0 Å². The number of rotatable bonds is 4. The summed E-state index contributed by atoms with van der Waals surface area (Å²) < 4.78 is 2.27. The zero-order valence-electron chi connectivity index (χ0n) is 19.3. The fraction of sp³-hybridized carbons (Fsp3) is 0.364. The van der Waals surface area contributed by atoms with E-state index >= 15 is 0 Å². The third kappa shape index (κ3) is 5.14. The van der Waals surface area contributed by atoms with Gasteiger partial charge in [0.05, 0.1) is 5.75 Å². The van der Waals surface area contributed by atoms with Crippen LogP contribution in [0.5, 0.6) is 0 Å². The van der Waals surface area contributed by atoms with E-state index in [4.69, 9.17) is 0 Å². The van der Waals surface area contributed by atoms with Gasteiger partial charge in [0, 0.05) is 25.1 Å². The number of fused-ring (bicyclic) bond motifs is 1. The van der Waals surface area contributed by atoms with Crippen LogP contribution in [0, 0.1) is 6.92 Å². The Kier molecular flexibility index (Phi) is 6.73. The quantitative estimate of drug-likeness (QED) is 0.333. The van der Waals surface area contributed by atoms with Crippen molar-refractivity contribution in [2.24, 2.45) is 14.1 Å². The lowest BCUT2D eigenvalue weighted by Crippen LogP contribution is -2.42. The molecule has 3 rings (SSSR count). The molecule has 2 amide bonds. The summed E-state index contributed by atoms with van der Waals surface area (Å²) in [6.07, 6.45) is 0. The highest BCUT2D eigenvalue weighted by atomic mass is 32.2. The second-order valence-corrected chi connectivity index (χ2v) is 9.63. The van der Waals surface area contributed by atoms with E-state index in [0.29, 0.717) is 16.4 Å². The summed E-state index contributed by atoms with van der Waals surface area (Å²) in [5, 5.41) is 0.454. The van der Waals surface area contributed by atoms with Gasteiger partial charge >= 0.3 is 5.69 Å². The molecule has 0 bridgehead atoms. The molecule has 2 aromatic heterocycles. The van der Waals surface area contributed by atoms with Crippen molar-refractivity contribution in [1.82, 2.24) is 30.0 Å². The van der Waals surface area contributed by atoms with Gasteiger partial charge in [-0.1, -0.05) is 50.2 Å². The minimum Gasteiger partial charge on any atom is -0.280 e. The number of nitrogens with zero attached hydrogens (tertiary/aromatic N) is 4. The molecule has 10 nitrogen and oxygen atoms in total. The number of amides is 2. The molecule has 2 heterocycles. The summed E-state index contributed by atoms with van der Waals surface area (Å²) in [5.41, 5.74) is 4.87. The SMILES string of the molecule is Cc1ccc(C(=O)NNC(=O)CSc2nc(C(C)(C)C)nc3c2c(=O)n(C)c(=O)n3C)cc1. The topological polar surface area (TPSA) is 128 Å². The lowest BCUT2D eigenvalue weighted by atomic mass is 9.96. The smallest absolute Gasteiger partial charge is 0.280 e. The van der Waals surface area contributed by atoms with Crippen LogP contribution in [-0.4, -0.2) is 36.7 Å². The number of carbonyl (C=O) groups is 2. The van der Waals surface area contributed by atoms with E-state index in [1.807, 2.05) is 27.7 Å². The molecule has 0 unspecified atom stereocenters. The Morgan fingerprint density at radius 2 is 1.64 bits per heavy atom. The van der Waals surface area contributed by atoms with Gasteiger partial charge in [0.2, 0.25) is 5.91 Å². The second kappa shape index (κ2) is 9.18. The number of aromatic nitrogens is 4. The van der Waals surface area contributed by atoms with Gasteiger partial charge in [0.1, 0.15) is 16.2 Å². The molecule has 0 aliphatic heterocycles. The fourth-order valence-electron chi connectivity index (χ4n) is 2.94. The van der Waals surface area contributed by atoms with Crippen LogP contribution in [0.2, 0.25) is 0 Å². The number of nitrogens with one attached hydrogen (secondary N) is 2. The summed E-state index contributed by atoms with van der Waals surface area (Å²) in [4.78, 5) is 58.7. The van der Waals surface area contributed by atoms with Crippen molar-refractivity contribution in [3.05, 3.63) is 62.1 Å². The highest BCUT2D eigenvalue weighted by Gasteiger charge is 2.24. The van der Waals surface area contributed by atoms with Crippen molar-refractivity contribution < 1.29 is 9.59 Å². The van der Waals surface area contributed by atoms with Crippen molar-refractivity contribution in [2.45, 2.75) is 38.1 Å². The number of thioether (sulfide) groups is 1. The van der Waals surface area contributed by atoms with E-state index in [9.17, 15) is 19.2 Å². The summed E-state index contributed by atoms with van der Waals surface area (Å²) in [6, 6.07) is 6.92. The van der Waals surface area contributed by atoms with E-state index in [0.717, 1.165) is 21.9 Å². The molecule has 33 heavy (non-hydrogen) atoms. The zero-order chi connectivity index (χ0) is 24.5. The summed E-state index contributed by atoms with van der Waals surface area (Å²) in [6.45, 7) is 7.65. The Labute approximate surface area is 194 Å². The largest absolute Gasteiger partial charge is 0.332 e. The molecule has 0 saturated heterocycles. The summed E-state index contributed by atoms with van der Waals surface area (Å²) in [5.74, 6) is -0.602. The minimum atomic E-state index is -0.538. The molecule has 3 aromatic rings. The molecule has 0 aliphatic carbocycles. The van der Waals surface area contributed by atoms with Crippen molar-refractivity contribution in [1.29, 1.82) is 0 Å². The molecule has 0 aliphatic rings. The maximum Gasteiger partial charge on any atom is 0.332 e. The van der Waals surface area contributed by atoms with Crippen LogP contribution in [-0.2, 0) is 24.3 Å². The molecule has 1 aromatic carbocycles. The molecule has 11 heteroatoms. The third-order valence-corrected chi connectivity index (χ3v) is 5.88. The number of carbonyl (C=O) groups excluding carboxylic acids is 2. The van der Waals surface area contributed by atoms with Crippen LogP contribution in [0.4, 0.5) is 0 Å². The Hall–Kier alpha value is -3.47. The highest BCUT2D eigenvalue weighted by Crippen LogP contribution is 2.26. The molecule has 174 valence electrons. The van der Waals surface area contributed by atoms with E-state index in [2.05, 4.69) is 20.8 Å². The Morgan fingerprint density at radius 3 is 2.24 bits per heavy atom. The molecule has 0 saturated carbocycles. The lowest BCUT2D eigenvalue weighted by molar-refractivity contribution is -0.119. The molecule has 2 N–H and O–H groups in total. The summed E-state index contributed by atoms with van der Waals surface area (Å²) in [7, 11) is 2.91. The van der Waals surface area contributed by atoms with Gasteiger partial charge < -0.3 is 0 Å². The maximum atomic E-state index is 12.8. The van der Waals surface area contributed by atoms with Crippen molar-refractivity contribution >= 4 is 34.6 Å². The molecular formula is C22H26N6O4S. The Balaban J connectivity index is 1.85. The Bertz CT molecular complexity index is 1350. The van der Waals surface area contributed by atoms with Crippen molar-refractivity contribution in [3.8, 4) is 0 Å². The van der Waals surface area contributed by atoms with Crippen LogP contribution in [0.15, 0.2) is 38.9 Å². The number of hydrazine groups is 1. The van der Waals surface area contributed by atoms with Gasteiger partial charge in [-0.05, 0) is 19.1 Å². The van der Waals surface area contributed by atoms with Crippen LogP contribution < -0.4 is 22.1 Å². The normalized spacial score (nSPS) is 11.5. The van der Waals surface area contributed by atoms with Crippen LogP contribution in [0.3, 0.4) is 0 Å². The van der Waals surface area contributed by atoms with Gasteiger partial charge in [-0.2, -0.15) is 0 Å². The van der Waals surface area contributed by atoms with E-state index in [-0.39, 0.29) is 16.8 Å². The first-order chi connectivity index (χ1) is 15.4. The molecule has 0 atom stereocenters. The average Bonchev–Trinajstić information content (AvgIpc) is 2.77. The first-order valence-electron chi connectivity index (χ1n) is 10.2. The lowest BCUT2D eigenvalue weighted by Gasteiger charge is -2.19. The molecule has 0 fully saturated rings. The van der Waals surface area contributed by atoms with Gasteiger partial charge in [-0.3, -0.25) is 34.4 Å². The zero-order valence-corrected chi connectivity index (χ0v) is 20.2. The standard InChI is InChI=1S/C22H26N6O4S/c1-12-7-9-13(10-8-12)17(30)26-25-14(29)11-33-18-15-16(23-20(24-18)22(2,3)4)27(5)21(32)28(6)19(15)31/h7-10H,11H2,1-6H3,(H,25,29)(H,26,30). The van der Waals surface area contributed by atoms with Gasteiger partial charge in [0.25, 0.3) is 11.5 Å². The predicted octanol–water partition coefficient (Wildman–Crippen LogP) is 1.19. The third-order valence-electron chi connectivity index (χ3n) is 4.91. The van der Waals surface area contributed by atoms with Crippen LogP contribution in [0.25, 0.3) is 11.0 Å². The van der Waals surface area contributed by atoms with Crippen LogP contribution >= 0.6 is 11.8 Å². The van der Waals surface area contributed by atoms with E-state index in [1.165, 1.54) is 18.7 Å². The Morgan fingerprint density at radius 1 is 1.00 bits per heavy atom. The van der Waals surface area contributed by atoms with E-state index in [1.54, 1.807) is 24.3 Å². The fourth-order valence-corrected chi connectivity index (χ4v) is 3.76. The second-order valence-electron chi connectivity index (χ2n) is 8.66. The first-order valence-corrected chi connectivity index (χ1v) is 11.2. The summed E-state index contributed by atoms with van der Waals surface area (Å²) >= 11 is 1.03. The van der Waals surface area contributed by atoms with Gasteiger partial charge in [-0.25, -0.2) is 14.8 Å². The predicted molar refractivity (Wildman–Crippen MR) is 126 cm³/mol.